The van der Waals surface area contributed by atoms with Gasteiger partial charge in [-0.05, 0) is 12.1 Å². The summed E-state index contributed by atoms with van der Waals surface area (Å²) in [5.74, 6) is -0.458. The maximum Gasteiger partial charge on any atom is 0.354 e. The number of fused-ring (bicyclic) bond motifs is 1. The predicted octanol–water partition coefficient (Wildman–Crippen LogP) is 0.625. The zero-order valence-corrected chi connectivity index (χ0v) is 12.7. The second-order valence-electron chi connectivity index (χ2n) is 5.30. The third-order valence-electron chi connectivity index (χ3n) is 4.01. The Hall–Kier alpha value is -2.28. The van der Waals surface area contributed by atoms with Gasteiger partial charge in [0.15, 0.2) is 0 Å². The lowest BCUT2D eigenvalue weighted by Crippen LogP contribution is -2.42. The van der Waals surface area contributed by atoms with Gasteiger partial charge < -0.3 is 23.5 Å². The van der Waals surface area contributed by atoms with Gasteiger partial charge in [-0.25, -0.2) is 4.79 Å². The first-order chi connectivity index (χ1) is 10.6. The summed E-state index contributed by atoms with van der Waals surface area (Å²) in [4.78, 5) is 26.2. The van der Waals surface area contributed by atoms with E-state index >= 15 is 0 Å². The van der Waals surface area contributed by atoms with Gasteiger partial charge in [0.25, 0.3) is 0 Å². The molecule has 0 atom stereocenters. The Kier molecular flexibility index (Phi) is 3.89. The zero-order valence-electron chi connectivity index (χ0n) is 12.7. The third kappa shape index (κ3) is 2.48. The fourth-order valence-corrected chi connectivity index (χ4v) is 2.76. The Morgan fingerprint density at radius 3 is 2.68 bits per heavy atom. The highest BCUT2D eigenvalue weighted by Crippen LogP contribution is 2.21. The third-order valence-corrected chi connectivity index (χ3v) is 4.01. The Morgan fingerprint density at radius 2 is 2.00 bits per heavy atom. The maximum absolute atomic E-state index is 12.5. The van der Waals surface area contributed by atoms with E-state index in [1.165, 1.54) is 7.11 Å². The number of carbonyl (C=O) groups excluding carboxylic acids is 2. The molecule has 118 valence electrons. The highest BCUT2D eigenvalue weighted by Gasteiger charge is 2.23. The summed E-state index contributed by atoms with van der Waals surface area (Å²) in [6.07, 6.45) is 1.90. The second-order valence-corrected chi connectivity index (χ2v) is 5.30. The Labute approximate surface area is 128 Å². The van der Waals surface area contributed by atoms with Crippen molar-refractivity contribution in [1.29, 1.82) is 0 Å². The van der Waals surface area contributed by atoms with Crippen LogP contribution in [0.5, 0.6) is 0 Å². The van der Waals surface area contributed by atoms with Crippen LogP contribution in [0.15, 0.2) is 18.3 Å². The molecule has 0 unspecified atom stereocenters. The quantitative estimate of drug-likeness (QED) is 0.780. The van der Waals surface area contributed by atoms with Gasteiger partial charge >= 0.3 is 5.97 Å². The maximum atomic E-state index is 12.5. The number of amides is 1. The minimum absolute atomic E-state index is 0.0187. The molecule has 1 aliphatic rings. The molecule has 1 fully saturated rings. The van der Waals surface area contributed by atoms with E-state index in [9.17, 15) is 9.59 Å². The van der Waals surface area contributed by atoms with Crippen LogP contribution in [0.25, 0.3) is 11.0 Å². The molecule has 3 rings (SSSR count). The average Bonchev–Trinajstić information content (AvgIpc) is 3.08. The van der Waals surface area contributed by atoms with Gasteiger partial charge in [-0.3, -0.25) is 4.79 Å². The molecule has 1 aliphatic heterocycles. The highest BCUT2D eigenvalue weighted by atomic mass is 16.5. The van der Waals surface area contributed by atoms with Crippen molar-refractivity contribution in [1.82, 2.24) is 14.0 Å². The zero-order chi connectivity index (χ0) is 15.7. The molecule has 0 N–H and O–H groups in total. The molecule has 0 saturated carbocycles. The van der Waals surface area contributed by atoms with Crippen molar-refractivity contribution >= 4 is 22.9 Å². The lowest BCUT2D eigenvalue weighted by Gasteiger charge is -2.27. The monoisotopic (exact) mass is 305 g/mol. The molecule has 0 bridgehead atoms. The first kappa shape index (κ1) is 14.6. The molecule has 7 heteroatoms. The van der Waals surface area contributed by atoms with Gasteiger partial charge in [0.1, 0.15) is 12.2 Å². The van der Waals surface area contributed by atoms with E-state index in [-0.39, 0.29) is 12.5 Å². The highest BCUT2D eigenvalue weighted by molar-refractivity contribution is 5.95. The predicted molar refractivity (Wildman–Crippen MR) is 79.6 cm³/mol. The molecule has 1 amide bonds. The van der Waals surface area contributed by atoms with Crippen LogP contribution in [0.3, 0.4) is 0 Å². The van der Waals surface area contributed by atoms with Crippen LogP contribution >= 0.6 is 0 Å². The molecule has 7 nitrogen and oxygen atoms in total. The number of ether oxygens (including phenoxy) is 2. The molecular weight excluding hydrogens is 286 g/mol. The number of rotatable bonds is 3. The first-order valence-electron chi connectivity index (χ1n) is 7.20. The number of carbonyl (C=O) groups is 2. The van der Waals surface area contributed by atoms with E-state index in [0.29, 0.717) is 32.0 Å². The van der Waals surface area contributed by atoms with Crippen molar-refractivity contribution in [3.63, 3.8) is 0 Å². The molecular formula is C15H19N3O4. The fraction of sp³-hybridized carbons (Fsp3) is 0.467. The average molecular weight is 305 g/mol. The van der Waals surface area contributed by atoms with Crippen LogP contribution in [0.4, 0.5) is 0 Å². The Balaban J connectivity index is 1.93. The SMILES string of the molecule is COC(=O)c1cc2c(ccn2C)n1CC(=O)N1CCOCC1. The molecule has 0 aromatic carbocycles. The molecule has 2 aromatic rings. The second kappa shape index (κ2) is 5.84. The summed E-state index contributed by atoms with van der Waals surface area (Å²) in [6, 6.07) is 3.65. The van der Waals surface area contributed by atoms with E-state index in [0.717, 1.165) is 11.0 Å². The number of hydrogen-bond acceptors (Lipinski definition) is 4. The van der Waals surface area contributed by atoms with Crippen LogP contribution in [0, 0.1) is 0 Å². The lowest BCUT2D eigenvalue weighted by molar-refractivity contribution is -0.135. The minimum Gasteiger partial charge on any atom is -0.464 e. The van der Waals surface area contributed by atoms with E-state index in [2.05, 4.69) is 0 Å². The van der Waals surface area contributed by atoms with Gasteiger partial charge in [0.05, 0.1) is 31.4 Å². The van der Waals surface area contributed by atoms with Crippen molar-refractivity contribution < 1.29 is 19.1 Å². The standard InChI is InChI=1S/C15H19N3O4/c1-16-4-3-11-12(16)9-13(15(20)21-2)18(11)10-14(19)17-5-7-22-8-6-17/h3-4,9H,5-8,10H2,1-2H3. The van der Waals surface area contributed by atoms with Crippen molar-refractivity contribution in [2.75, 3.05) is 33.4 Å². The summed E-state index contributed by atoms with van der Waals surface area (Å²) in [5.41, 5.74) is 2.14. The molecule has 2 aromatic heterocycles. The van der Waals surface area contributed by atoms with Crippen molar-refractivity contribution in [2.24, 2.45) is 7.05 Å². The van der Waals surface area contributed by atoms with E-state index in [1.807, 2.05) is 23.9 Å². The lowest BCUT2D eigenvalue weighted by atomic mass is 10.3. The first-order valence-corrected chi connectivity index (χ1v) is 7.20. The molecule has 0 radical (unpaired) electrons. The largest absolute Gasteiger partial charge is 0.464 e. The van der Waals surface area contributed by atoms with Crippen molar-refractivity contribution in [2.45, 2.75) is 6.54 Å². The fourth-order valence-electron chi connectivity index (χ4n) is 2.76. The van der Waals surface area contributed by atoms with Gasteiger partial charge in [-0.1, -0.05) is 0 Å². The van der Waals surface area contributed by atoms with Crippen LogP contribution in [-0.4, -0.2) is 59.3 Å². The van der Waals surface area contributed by atoms with Gasteiger partial charge in [-0.2, -0.15) is 0 Å². The smallest absolute Gasteiger partial charge is 0.354 e. The van der Waals surface area contributed by atoms with Crippen LogP contribution in [0.1, 0.15) is 10.5 Å². The summed E-state index contributed by atoms with van der Waals surface area (Å²) < 4.78 is 13.7. The van der Waals surface area contributed by atoms with Crippen LogP contribution in [0.2, 0.25) is 0 Å². The molecule has 0 spiro atoms. The number of esters is 1. The van der Waals surface area contributed by atoms with E-state index in [4.69, 9.17) is 9.47 Å². The minimum atomic E-state index is -0.439. The normalized spacial score (nSPS) is 15.3. The number of aromatic nitrogens is 2. The van der Waals surface area contributed by atoms with Crippen LogP contribution in [-0.2, 0) is 27.9 Å². The Morgan fingerprint density at radius 1 is 1.27 bits per heavy atom. The van der Waals surface area contributed by atoms with Crippen LogP contribution < -0.4 is 0 Å². The number of methoxy groups -OCH3 is 1. The van der Waals surface area contributed by atoms with E-state index in [1.54, 1.807) is 15.5 Å². The van der Waals surface area contributed by atoms with Crippen molar-refractivity contribution in [3.05, 3.63) is 24.0 Å². The van der Waals surface area contributed by atoms with Gasteiger partial charge in [0.2, 0.25) is 5.91 Å². The van der Waals surface area contributed by atoms with Gasteiger partial charge in [-0.15, -0.1) is 0 Å². The molecule has 1 saturated heterocycles. The topological polar surface area (TPSA) is 65.7 Å². The summed E-state index contributed by atoms with van der Waals surface area (Å²) in [6.45, 7) is 2.42. The van der Waals surface area contributed by atoms with Crippen molar-refractivity contribution in [3.8, 4) is 0 Å². The molecule has 3 heterocycles. The molecule has 22 heavy (non-hydrogen) atoms. The number of aryl methyl sites for hydroxylation is 1. The number of hydrogen-bond donors (Lipinski definition) is 0. The summed E-state index contributed by atoms with van der Waals surface area (Å²) in [7, 11) is 3.24. The number of morpholine rings is 1. The van der Waals surface area contributed by atoms with Gasteiger partial charge in [0, 0.05) is 26.3 Å². The summed E-state index contributed by atoms with van der Waals surface area (Å²) >= 11 is 0. The summed E-state index contributed by atoms with van der Waals surface area (Å²) in [5, 5.41) is 0. The van der Waals surface area contributed by atoms with E-state index < -0.39 is 5.97 Å². The Bertz CT molecular complexity index is 710. The molecule has 0 aliphatic carbocycles. The number of nitrogens with zero attached hydrogens (tertiary/aromatic N) is 3.